The second kappa shape index (κ2) is 8.82. The van der Waals surface area contributed by atoms with Crippen LogP contribution in [0.5, 0.6) is 0 Å². The zero-order chi connectivity index (χ0) is 18.5. The van der Waals surface area contributed by atoms with Crippen molar-refractivity contribution in [3.8, 4) is 0 Å². The van der Waals surface area contributed by atoms with Crippen molar-refractivity contribution in [3.63, 3.8) is 0 Å². The highest BCUT2D eigenvalue weighted by molar-refractivity contribution is 9.10. The third-order valence-electron chi connectivity index (χ3n) is 4.91. The van der Waals surface area contributed by atoms with Crippen LogP contribution in [0.3, 0.4) is 0 Å². The Labute approximate surface area is 164 Å². The number of rotatable bonds is 6. The van der Waals surface area contributed by atoms with Crippen LogP contribution in [0.2, 0.25) is 0 Å². The van der Waals surface area contributed by atoms with Crippen molar-refractivity contribution in [3.05, 3.63) is 46.1 Å². The van der Waals surface area contributed by atoms with Gasteiger partial charge < -0.3 is 15.5 Å². The first-order chi connectivity index (χ1) is 12.5. The van der Waals surface area contributed by atoms with Crippen LogP contribution < -0.4 is 15.5 Å². The summed E-state index contributed by atoms with van der Waals surface area (Å²) in [7, 11) is 4.03. The van der Waals surface area contributed by atoms with Crippen LogP contribution in [0, 0.1) is 6.92 Å². The fourth-order valence-electron chi connectivity index (χ4n) is 3.49. The first-order valence-corrected chi connectivity index (χ1v) is 10.1. The minimum absolute atomic E-state index is 0.455. The van der Waals surface area contributed by atoms with Crippen LogP contribution in [0.4, 0.5) is 11.8 Å². The third-order valence-corrected chi connectivity index (χ3v) is 5.41. The molecule has 3 rings (SSSR count). The summed E-state index contributed by atoms with van der Waals surface area (Å²) in [6.45, 7) is 2.97. The second-order valence-corrected chi connectivity index (χ2v) is 8.21. The van der Waals surface area contributed by atoms with Gasteiger partial charge in [0.15, 0.2) is 0 Å². The molecule has 5 nitrogen and oxygen atoms in total. The number of hydrogen-bond donors (Lipinski definition) is 2. The smallest absolute Gasteiger partial charge is 0.224 e. The van der Waals surface area contributed by atoms with Crippen molar-refractivity contribution in [2.45, 2.75) is 51.2 Å². The zero-order valence-corrected chi connectivity index (χ0v) is 17.4. The predicted molar refractivity (Wildman–Crippen MR) is 112 cm³/mol. The molecular formula is C20H28BrN5. The highest BCUT2D eigenvalue weighted by Gasteiger charge is 2.21. The van der Waals surface area contributed by atoms with Crippen LogP contribution in [0.25, 0.3) is 0 Å². The molecule has 1 aliphatic rings. The summed E-state index contributed by atoms with van der Waals surface area (Å²) < 4.78 is 1.14. The molecule has 1 aromatic heterocycles. The second-order valence-electron chi connectivity index (χ2n) is 7.30. The Morgan fingerprint density at radius 3 is 2.58 bits per heavy atom. The molecule has 26 heavy (non-hydrogen) atoms. The zero-order valence-electron chi connectivity index (χ0n) is 15.8. The molecule has 1 aromatic carbocycles. The van der Waals surface area contributed by atoms with E-state index < -0.39 is 0 Å². The Morgan fingerprint density at radius 1 is 1.15 bits per heavy atom. The Morgan fingerprint density at radius 2 is 1.88 bits per heavy atom. The average molecular weight is 418 g/mol. The van der Waals surface area contributed by atoms with Gasteiger partial charge in [0, 0.05) is 49.0 Å². The van der Waals surface area contributed by atoms with E-state index in [2.05, 4.69) is 60.8 Å². The number of nitrogens with one attached hydrogen (secondary N) is 2. The summed E-state index contributed by atoms with van der Waals surface area (Å²) in [4.78, 5) is 11.1. The largest absolute Gasteiger partial charge is 0.362 e. The monoisotopic (exact) mass is 417 g/mol. The molecule has 0 spiro atoms. The van der Waals surface area contributed by atoms with Crippen LogP contribution in [0.1, 0.15) is 36.8 Å². The topological polar surface area (TPSA) is 53.1 Å². The first-order valence-electron chi connectivity index (χ1n) is 9.26. The standard InChI is InChI=1S/C20H28BrN5/c1-14-12-23-20(25-19(14)26(2)3)24-18-9-7-17(8-10-18)22-13-15-5-4-6-16(21)11-15/h4-6,11-12,17-18,22H,7-10,13H2,1-3H3,(H,23,24,25). The van der Waals surface area contributed by atoms with E-state index in [9.17, 15) is 0 Å². The highest BCUT2D eigenvalue weighted by atomic mass is 79.9. The molecular weight excluding hydrogens is 390 g/mol. The molecule has 0 unspecified atom stereocenters. The molecule has 0 aliphatic heterocycles. The number of halogens is 1. The van der Waals surface area contributed by atoms with Gasteiger partial charge in [0.2, 0.25) is 5.95 Å². The SMILES string of the molecule is Cc1cnc(NC2CCC(NCc3cccc(Br)c3)CC2)nc1N(C)C. The summed E-state index contributed by atoms with van der Waals surface area (Å²) in [6, 6.07) is 9.54. The van der Waals surface area contributed by atoms with Gasteiger partial charge in [-0.2, -0.15) is 4.98 Å². The maximum Gasteiger partial charge on any atom is 0.224 e. The Balaban J connectivity index is 1.47. The molecule has 1 aliphatic carbocycles. The summed E-state index contributed by atoms with van der Waals surface area (Å²) >= 11 is 3.53. The lowest BCUT2D eigenvalue weighted by atomic mass is 9.91. The third kappa shape index (κ3) is 5.17. The van der Waals surface area contributed by atoms with Crippen molar-refractivity contribution in [1.82, 2.24) is 15.3 Å². The van der Waals surface area contributed by atoms with E-state index >= 15 is 0 Å². The van der Waals surface area contributed by atoms with E-state index in [0.29, 0.717) is 12.1 Å². The molecule has 140 valence electrons. The number of aromatic nitrogens is 2. The van der Waals surface area contributed by atoms with Crippen molar-refractivity contribution < 1.29 is 0 Å². The fourth-order valence-corrected chi connectivity index (χ4v) is 3.94. The van der Waals surface area contributed by atoms with Crippen molar-refractivity contribution in [2.75, 3.05) is 24.3 Å². The van der Waals surface area contributed by atoms with Crippen molar-refractivity contribution in [1.29, 1.82) is 0 Å². The van der Waals surface area contributed by atoms with Crippen molar-refractivity contribution >= 4 is 27.7 Å². The molecule has 0 bridgehead atoms. The molecule has 2 aromatic rings. The molecule has 6 heteroatoms. The Hall–Kier alpha value is -1.66. The lowest BCUT2D eigenvalue weighted by Crippen LogP contribution is -2.37. The summed E-state index contributed by atoms with van der Waals surface area (Å²) in [5, 5.41) is 7.22. The molecule has 0 atom stereocenters. The molecule has 0 radical (unpaired) electrons. The normalized spacial score (nSPS) is 20.0. The molecule has 0 saturated heterocycles. The van der Waals surface area contributed by atoms with Crippen molar-refractivity contribution in [2.24, 2.45) is 0 Å². The van der Waals surface area contributed by atoms with Gasteiger partial charge in [-0.15, -0.1) is 0 Å². The number of aryl methyl sites for hydroxylation is 1. The van der Waals surface area contributed by atoms with Gasteiger partial charge in [-0.25, -0.2) is 4.98 Å². The van der Waals surface area contributed by atoms with E-state index in [0.717, 1.165) is 41.2 Å². The van der Waals surface area contributed by atoms with E-state index in [1.165, 1.54) is 18.4 Å². The maximum atomic E-state index is 4.65. The molecule has 2 N–H and O–H groups in total. The van der Waals surface area contributed by atoms with Crippen LogP contribution in [-0.2, 0) is 6.54 Å². The molecule has 1 fully saturated rings. The van der Waals surface area contributed by atoms with Gasteiger partial charge in [-0.05, 0) is 50.3 Å². The van der Waals surface area contributed by atoms with Gasteiger partial charge >= 0.3 is 0 Å². The number of hydrogen-bond acceptors (Lipinski definition) is 5. The van der Waals surface area contributed by atoms with E-state index in [-0.39, 0.29) is 0 Å². The van der Waals surface area contributed by atoms with Gasteiger partial charge in [0.25, 0.3) is 0 Å². The molecule has 1 heterocycles. The summed E-state index contributed by atoms with van der Waals surface area (Å²) in [5.41, 5.74) is 2.42. The average Bonchev–Trinajstić information content (AvgIpc) is 2.62. The molecule has 1 saturated carbocycles. The summed E-state index contributed by atoms with van der Waals surface area (Å²) in [5.74, 6) is 1.72. The number of nitrogens with zero attached hydrogens (tertiary/aromatic N) is 3. The van der Waals surface area contributed by atoms with Gasteiger partial charge in [0.1, 0.15) is 5.82 Å². The fraction of sp³-hybridized carbons (Fsp3) is 0.500. The van der Waals surface area contributed by atoms with E-state index in [1.54, 1.807) is 0 Å². The van der Waals surface area contributed by atoms with Gasteiger partial charge in [-0.3, -0.25) is 0 Å². The number of benzene rings is 1. The lowest BCUT2D eigenvalue weighted by Gasteiger charge is -2.30. The number of anilines is 2. The Bertz CT molecular complexity index is 726. The maximum absolute atomic E-state index is 4.65. The van der Waals surface area contributed by atoms with Gasteiger partial charge in [-0.1, -0.05) is 28.1 Å². The first kappa shape index (κ1) is 19.1. The van der Waals surface area contributed by atoms with Gasteiger partial charge in [0.05, 0.1) is 0 Å². The minimum Gasteiger partial charge on any atom is -0.362 e. The van der Waals surface area contributed by atoms with Crippen LogP contribution in [-0.4, -0.2) is 36.1 Å². The predicted octanol–water partition coefficient (Wildman–Crippen LogP) is 4.13. The lowest BCUT2D eigenvalue weighted by molar-refractivity contribution is 0.352. The van der Waals surface area contributed by atoms with Crippen LogP contribution in [0.15, 0.2) is 34.9 Å². The quantitative estimate of drug-likeness (QED) is 0.739. The highest BCUT2D eigenvalue weighted by Crippen LogP contribution is 2.23. The van der Waals surface area contributed by atoms with E-state index in [4.69, 9.17) is 0 Å². The summed E-state index contributed by atoms with van der Waals surface area (Å²) in [6.07, 6.45) is 6.54. The minimum atomic E-state index is 0.455. The van der Waals surface area contributed by atoms with Crippen LogP contribution >= 0.6 is 15.9 Å². The van der Waals surface area contributed by atoms with E-state index in [1.807, 2.05) is 32.1 Å². The Kier molecular flexibility index (Phi) is 6.48. The molecule has 0 amide bonds.